The molecule has 0 spiro atoms. The van der Waals surface area contributed by atoms with Gasteiger partial charge in [0.25, 0.3) is 5.91 Å². The number of methoxy groups -OCH3 is 1. The molecule has 4 nitrogen and oxygen atoms in total. The average Bonchev–Trinajstić information content (AvgIpc) is 1.65. The van der Waals surface area contributed by atoms with Gasteiger partial charge in [0.05, 0.1) is 0 Å². The molecule has 4 heteroatoms. The quantitative estimate of drug-likeness (QED) is 0.414. The van der Waals surface area contributed by atoms with Crippen molar-refractivity contribution in [1.29, 1.82) is 0 Å². The molecule has 0 bridgehead atoms. The highest BCUT2D eigenvalue weighted by molar-refractivity contribution is 5.77. The Balaban J connectivity index is 3.34. The van der Waals surface area contributed by atoms with Crippen LogP contribution in [0.1, 0.15) is 0 Å². The van der Waals surface area contributed by atoms with Gasteiger partial charge in [-0.15, -0.1) is 0 Å². The molecular weight excluding hydrogens is 96.0 g/mol. The fourth-order valence-electron chi connectivity index (χ4n) is 0.116. The van der Waals surface area contributed by atoms with E-state index < -0.39 is 12.1 Å². The number of amides is 1. The van der Waals surface area contributed by atoms with Crippen LogP contribution in [0.4, 0.5) is 0 Å². The van der Waals surface area contributed by atoms with E-state index >= 15 is 0 Å². The van der Waals surface area contributed by atoms with E-state index in [9.17, 15) is 4.79 Å². The van der Waals surface area contributed by atoms with Crippen molar-refractivity contribution in [2.75, 3.05) is 7.11 Å². The van der Waals surface area contributed by atoms with Gasteiger partial charge in [0, 0.05) is 7.11 Å². The minimum absolute atomic E-state index is 0.650. The Bertz CT molecular complexity index is 73.3. The molecule has 0 rings (SSSR count). The number of hydrogen-bond acceptors (Lipinski definition) is 3. The molecule has 1 atom stereocenters. The van der Waals surface area contributed by atoms with Crippen LogP contribution >= 0.6 is 0 Å². The van der Waals surface area contributed by atoms with Gasteiger partial charge in [-0.3, -0.25) is 10.5 Å². The third-order valence-corrected chi connectivity index (χ3v) is 0.534. The van der Waals surface area contributed by atoms with Gasteiger partial charge in [-0.25, -0.2) is 0 Å². The van der Waals surface area contributed by atoms with E-state index in [1.807, 2.05) is 0 Å². The summed E-state index contributed by atoms with van der Waals surface area (Å²) >= 11 is 0. The van der Waals surface area contributed by atoms with Crippen molar-refractivity contribution in [2.45, 2.75) is 6.23 Å². The molecule has 0 radical (unpaired) electrons. The Kier molecular flexibility index (Phi) is 2.32. The lowest BCUT2D eigenvalue weighted by Crippen LogP contribution is -2.37. The highest BCUT2D eigenvalue weighted by Gasteiger charge is 2.03. The van der Waals surface area contributed by atoms with Crippen LogP contribution in [0.3, 0.4) is 0 Å². The van der Waals surface area contributed by atoms with E-state index in [1.165, 1.54) is 7.11 Å². The fraction of sp³-hybridized carbons (Fsp3) is 0.667. The summed E-state index contributed by atoms with van der Waals surface area (Å²) in [5.41, 5.74) is 9.58. The second kappa shape index (κ2) is 2.54. The Hall–Kier alpha value is -0.610. The van der Waals surface area contributed by atoms with E-state index in [0.29, 0.717) is 0 Å². The Morgan fingerprint density at radius 2 is 2.29 bits per heavy atom. The molecule has 4 N–H and O–H groups in total. The number of hydrogen-bond donors (Lipinski definition) is 2. The summed E-state index contributed by atoms with van der Waals surface area (Å²) in [5.74, 6) is -0.650. The highest BCUT2D eigenvalue weighted by atomic mass is 16.5. The molecule has 0 fully saturated rings. The van der Waals surface area contributed by atoms with Crippen LogP contribution < -0.4 is 11.5 Å². The normalized spacial score (nSPS) is 13.4. The lowest BCUT2D eigenvalue weighted by Gasteiger charge is -2.00. The van der Waals surface area contributed by atoms with Gasteiger partial charge in [-0.2, -0.15) is 0 Å². The van der Waals surface area contributed by atoms with Crippen LogP contribution in [-0.2, 0) is 9.53 Å². The zero-order valence-electron chi connectivity index (χ0n) is 4.05. The molecule has 0 aromatic heterocycles. The van der Waals surface area contributed by atoms with Crippen molar-refractivity contribution in [3.05, 3.63) is 0 Å². The lowest BCUT2D eigenvalue weighted by molar-refractivity contribution is -0.127. The Morgan fingerprint density at radius 1 is 1.86 bits per heavy atom. The van der Waals surface area contributed by atoms with E-state index in [-0.39, 0.29) is 0 Å². The minimum Gasteiger partial charge on any atom is -0.366 e. The number of carbonyl (C=O) groups excluding carboxylic acids is 1. The Morgan fingerprint density at radius 3 is 2.29 bits per heavy atom. The van der Waals surface area contributed by atoms with E-state index in [1.54, 1.807) is 0 Å². The molecule has 0 saturated heterocycles. The van der Waals surface area contributed by atoms with Gasteiger partial charge in [0.1, 0.15) is 0 Å². The number of rotatable bonds is 2. The van der Waals surface area contributed by atoms with Gasteiger partial charge in [-0.1, -0.05) is 0 Å². The van der Waals surface area contributed by atoms with Crippen molar-refractivity contribution >= 4 is 5.91 Å². The predicted molar refractivity (Wildman–Crippen MR) is 24.2 cm³/mol. The van der Waals surface area contributed by atoms with Gasteiger partial charge in [0.2, 0.25) is 0 Å². The third kappa shape index (κ3) is 2.13. The highest BCUT2D eigenvalue weighted by Crippen LogP contribution is 1.71. The molecule has 0 aromatic carbocycles. The molecule has 0 aliphatic rings. The van der Waals surface area contributed by atoms with Crippen molar-refractivity contribution in [3.63, 3.8) is 0 Å². The number of carbonyl (C=O) groups is 1. The van der Waals surface area contributed by atoms with Crippen molar-refractivity contribution < 1.29 is 9.53 Å². The maximum Gasteiger partial charge on any atom is 0.261 e. The standard InChI is InChI=1S/C3H8N2O2/c1-7-3(5)2(4)6/h3H,5H2,1H3,(H2,4,6). The largest absolute Gasteiger partial charge is 0.366 e. The first-order valence-electron chi connectivity index (χ1n) is 1.76. The molecule has 7 heavy (non-hydrogen) atoms. The van der Waals surface area contributed by atoms with Gasteiger partial charge in [-0.05, 0) is 0 Å². The molecule has 0 aromatic rings. The maximum absolute atomic E-state index is 9.90. The third-order valence-electron chi connectivity index (χ3n) is 0.534. The molecule has 1 unspecified atom stereocenters. The lowest BCUT2D eigenvalue weighted by atomic mass is 10.6. The average molecular weight is 104 g/mol. The topological polar surface area (TPSA) is 78.3 Å². The summed E-state index contributed by atoms with van der Waals surface area (Å²) in [7, 11) is 1.31. The second-order valence-corrected chi connectivity index (χ2v) is 1.06. The molecule has 0 aliphatic carbocycles. The van der Waals surface area contributed by atoms with Gasteiger partial charge >= 0.3 is 0 Å². The Labute approximate surface area is 41.4 Å². The summed E-state index contributed by atoms with van der Waals surface area (Å²) in [6, 6.07) is 0. The van der Waals surface area contributed by atoms with Crippen LogP contribution in [0.2, 0.25) is 0 Å². The molecule has 1 amide bonds. The van der Waals surface area contributed by atoms with Crippen LogP contribution in [0.25, 0.3) is 0 Å². The molecule has 0 aliphatic heterocycles. The molecule has 0 saturated carbocycles. The molecule has 0 heterocycles. The summed E-state index contributed by atoms with van der Waals surface area (Å²) in [6.07, 6.45) is -0.958. The van der Waals surface area contributed by atoms with Crippen molar-refractivity contribution in [2.24, 2.45) is 11.5 Å². The van der Waals surface area contributed by atoms with E-state index in [0.717, 1.165) is 0 Å². The van der Waals surface area contributed by atoms with Crippen molar-refractivity contribution in [1.82, 2.24) is 0 Å². The van der Waals surface area contributed by atoms with Crippen molar-refractivity contribution in [3.8, 4) is 0 Å². The maximum atomic E-state index is 9.90. The summed E-state index contributed by atoms with van der Waals surface area (Å²) in [6.45, 7) is 0. The van der Waals surface area contributed by atoms with E-state index in [4.69, 9.17) is 5.73 Å². The first-order valence-corrected chi connectivity index (χ1v) is 1.76. The van der Waals surface area contributed by atoms with Crippen LogP contribution in [-0.4, -0.2) is 19.2 Å². The number of ether oxygens (including phenoxy) is 1. The van der Waals surface area contributed by atoms with Gasteiger partial charge < -0.3 is 10.5 Å². The minimum atomic E-state index is -0.958. The van der Waals surface area contributed by atoms with Crippen LogP contribution in [0, 0.1) is 0 Å². The smallest absolute Gasteiger partial charge is 0.261 e. The summed E-state index contributed by atoms with van der Waals surface area (Å²) in [5, 5.41) is 0. The number of nitrogens with two attached hydrogens (primary N) is 2. The zero-order chi connectivity index (χ0) is 5.86. The monoisotopic (exact) mass is 104 g/mol. The number of primary amides is 1. The van der Waals surface area contributed by atoms with Gasteiger partial charge in [0.15, 0.2) is 6.23 Å². The molecular formula is C3H8N2O2. The first-order chi connectivity index (χ1) is 3.18. The fourth-order valence-corrected chi connectivity index (χ4v) is 0.116. The van der Waals surface area contributed by atoms with E-state index in [2.05, 4.69) is 10.5 Å². The van der Waals surface area contributed by atoms with Crippen LogP contribution in [0.15, 0.2) is 0 Å². The SMILES string of the molecule is COC(N)C(N)=O. The zero-order valence-corrected chi connectivity index (χ0v) is 4.05. The summed E-state index contributed by atoms with van der Waals surface area (Å²) < 4.78 is 4.31. The predicted octanol–water partition coefficient (Wildman–Crippen LogP) is -1.60. The molecule has 42 valence electrons. The first kappa shape index (κ1) is 6.39. The second-order valence-electron chi connectivity index (χ2n) is 1.06. The van der Waals surface area contributed by atoms with Crippen LogP contribution in [0.5, 0.6) is 0 Å². The summed E-state index contributed by atoms with van der Waals surface area (Å²) in [4.78, 5) is 9.90.